The third-order valence-corrected chi connectivity index (χ3v) is 2.81. The van der Waals surface area contributed by atoms with Crippen molar-refractivity contribution in [3.8, 4) is 0 Å². The molecule has 16 heavy (non-hydrogen) atoms. The molecule has 0 aliphatic heterocycles. The van der Waals surface area contributed by atoms with Crippen LogP contribution in [0.15, 0.2) is 22.7 Å². The molecule has 0 aliphatic rings. The van der Waals surface area contributed by atoms with Gasteiger partial charge in [0.25, 0.3) is 0 Å². The molecule has 1 unspecified atom stereocenters. The summed E-state index contributed by atoms with van der Waals surface area (Å²) in [4.78, 5) is 0. The van der Waals surface area contributed by atoms with Gasteiger partial charge in [-0.2, -0.15) is 0 Å². The molecular formula is C11H15BrFNO2. The normalized spacial score (nSPS) is 12.8. The molecule has 0 radical (unpaired) electrons. The zero-order valence-corrected chi connectivity index (χ0v) is 10.6. The first-order valence-corrected chi connectivity index (χ1v) is 5.74. The number of hydrogen-bond donors (Lipinski definition) is 2. The number of hydrogen-bond acceptors (Lipinski definition) is 3. The fourth-order valence-electron chi connectivity index (χ4n) is 1.29. The average molecular weight is 292 g/mol. The molecule has 1 atom stereocenters. The van der Waals surface area contributed by atoms with Crippen molar-refractivity contribution in [3.05, 3.63) is 34.1 Å². The van der Waals surface area contributed by atoms with E-state index in [1.54, 1.807) is 13.2 Å². The van der Waals surface area contributed by atoms with Crippen molar-refractivity contribution >= 4 is 15.9 Å². The zero-order chi connectivity index (χ0) is 12.0. The first-order chi connectivity index (χ1) is 7.63. The van der Waals surface area contributed by atoms with Gasteiger partial charge in [-0.25, -0.2) is 4.39 Å². The van der Waals surface area contributed by atoms with Gasteiger partial charge >= 0.3 is 0 Å². The van der Waals surface area contributed by atoms with Crippen molar-refractivity contribution in [2.75, 3.05) is 20.3 Å². The first kappa shape index (κ1) is 13.6. The zero-order valence-electron chi connectivity index (χ0n) is 9.04. The summed E-state index contributed by atoms with van der Waals surface area (Å²) in [7, 11) is 1.54. The molecule has 1 aromatic carbocycles. The van der Waals surface area contributed by atoms with E-state index >= 15 is 0 Å². The van der Waals surface area contributed by atoms with E-state index in [-0.39, 0.29) is 5.82 Å². The Morgan fingerprint density at radius 2 is 2.31 bits per heavy atom. The number of methoxy groups -OCH3 is 1. The van der Waals surface area contributed by atoms with E-state index in [1.807, 2.05) is 0 Å². The monoisotopic (exact) mass is 291 g/mol. The standard InChI is InChI=1S/C11H15BrFNO2/c1-16-7-10(15)6-14-5-8-2-3-9(13)4-11(8)12/h2-4,10,14-15H,5-7H2,1H3. The molecule has 0 aromatic heterocycles. The fraction of sp³-hybridized carbons (Fsp3) is 0.455. The van der Waals surface area contributed by atoms with E-state index in [4.69, 9.17) is 4.74 Å². The van der Waals surface area contributed by atoms with Crippen LogP contribution in [0.1, 0.15) is 5.56 Å². The molecule has 0 amide bonds. The van der Waals surface area contributed by atoms with Crippen LogP contribution in [-0.4, -0.2) is 31.5 Å². The number of nitrogens with one attached hydrogen (secondary N) is 1. The van der Waals surface area contributed by atoms with Gasteiger partial charge in [0.05, 0.1) is 12.7 Å². The Bertz CT molecular complexity index is 336. The summed E-state index contributed by atoms with van der Waals surface area (Å²) in [5.41, 5.74) is 0.950. The Kier molecular flexibility index (Phi) is 5.90. The maximum Gasteiger partial charge on any atom is 0.124 e. The van der Waals surface area contributed by atoms with E-state index in [0.717, 1.165) is 10.0 Å². The Morgan fingerprint density at radius 1 is 1.56 bits per heavy atom. The van der Waals surface area contributed by atoms with Gasteiger partial charge in [0.2, 0.25) is 0 Å². The molecule has 0 bridgehead atoms. The molecule has 0 fully saturated rings. The lowest BCUT2D eigenvalue weighted by atomic mass is 10.2. The largest absolute Gasteiger partial charge is 0.389 e. The predicted molar refractivity (Wildman–Crippen MR) is 63.7 cm³/mol. The lowest BCUT2D eigenvalue weighted by Crippen LogP contribution is -2.29. The van der Waals surface area contributed by atoms with E-state index < -0.39 is 6.10 Å². The van der Waals surface area contributed by atoms with Crippen molar-refractivity contribution in [2.24, 2.45) is 0 Å². The molecule has 0 aliphatic carbocycles. The first-order valence-electron chi connectivity index (χ1n) is 4.95. The Morgan fingerprint density at radius 3 is 2.94 bits per heavy atom. The molecule has 0 saturated heterocycles. The smallest absolute Gasteiger partial charge is 0.124 e. The van der Waals surface area contributed by atoms with Crippen LogP contribution in [0.3, 0.4) is 0 Å². The highest BCUT2D eigenvalue weighted by molar-refractivity contribution is 9.10. The molecular weight excluding hydrogens is 277 g/mol. The highest BCUT2D eigenvalue weighted by atomic mass is 79.9. The summed E-state index contributed by atoms with van der Waals surface area (Å²) in [6.45, 7) is 1.32. The highest BCUT2D eigenvalue weighted by Crippen LogP contribution is 2.17. The van der Waals surface area contributed by atoms with E-state index in [0.29, 0.717) is 19.7 Å². The summed E-state index contributed by atoms with van der Waals surface area (Å²) < 4.78 is 18.3. The second-order valence-corrected chi connectivity index (χ2v) is 4.33. The van der Waals surface area contributed by atoms with Crippen molar-refractivity contribution < 1.29 is 14.2 Å². The van der Waals surface area contributed by atoms with Crippen LogP contribution in [0.25, 0.3) is 0 Å². The molecule has 1 aromatic rings. The van der Waals surface area contributed by atoms with Crippen molar-refractivity contribution in [2.45, 2.75) is 12.6 Å². The molecule has 1 rings (SSSR count). The van der Waals surface area contributed by atoms with Crippen LogP contribution < -0.4 is 5.32 Å². The van der Waals surface area contributed by atoms with E-state index in [2.05, 4.69) is 21.2 Å². The number of aliphatic hydroxyl groups is 1. The Balaban J connectivity index is 2.37. The minimum absolute atomic E-state index is 0.268. The van der Waals surface area contributed by atoms with Crippen LogP contribution in [-0.2, 0) is 11.3 Å². The molecule has 3 nitrogen and oxygen atoms in total. The second kappa shape index (κ2) is 6.96. The van der Waals surface area contributed by atoms with Gasteiger partial charge < -0.3 is 15.2 Å². The molecule has 0 spiro atoms. The highest BCUT2D eigenvalue weighted by Gasteiger charge is 2.04. The third-order valence-electron chi connectivity index (χ3n) is 2.07. The number of aliphatic hydroxyl groups excluding tert-OH is 1. The van der Waals surface area contributed by atoms with Gasteiger partial charge in [-0.15, -0.1) is 0 Å². The molecule has 0 saturated carbocycles. The molecule has 0 heterocycles. The fourth-order valence-corrected chi connectivity index (χ4v) is 1.78. The van der Waals surface area contributed by atoms with Crippen molar-refractivity contribution in [1.82, 2.24) is 5.32 Å². The van der Waals surface area contributed by atoms with Gasteiger partial charge in [-0.1, -0.05) is 22.0 Å². The lowest BCUT2D eigenvalue weighted by Gasteiger charge is -2.11. The topological polar surface area (TPSA) is 41.5 Å². The summed E-state index contributed by atoms with van der Waals surface area (Å²) >= 11 is 3.28. The SMILES string of the molecule is COCC(O)CNCc1ccc(F)cc1Br. The maximum absolute atomic E-state index is 12.8. The minimum Gasteiger partial charge on any atom is -0.389 e. The lowest BCUT2D eigenvalue weighted by molar-refractivity contribution is 0.0644. The number of halogens is 2. The summed E-state index contributed by atoms with van der Waals surface area (Å²) in [5.74, 6) is -0.268. The van der Waals surface area contributed by atoms with Gasteiger partial charge in [0.15, 0.2) is 0 Å². The average Bonchev–Trinajstić information content (AvgIpc) is 2.22. The Labute approximate surface area is 103 Å². The van der Waals surface area contributed by atoms with Crippen LogP contribution in [0.4, 0.5) is 4.39 Å². The third kappa shape index (κ3) is 4.57. The van der Waals surface area contributed by atoms with E-state index in [9.17, 15) is 9.50 Å². The number of benzene rings is 1. The summed E-state index contributed by atoms with van der Waals surface area (Å²) in [5, 5.41) is 12.4. The van der Waals surface area contributed by atoms with Crippen molar-refractivity contribution in [3.63, 3.8) is 0 Å². The summed E-state index contributed by atoms with van der Waals surface area (Å²) in [6.07, 6.45) is -0.524. The Hall–Kier alpha value is -0.490. The van der Waals surface area contributed by atoms with Crippen molar-refractivity contribution in [1.29, 1.82) is 0 Å². The maximum atomic E-state index is 12.8. The van der Waals surface area contributed by atoms with Crippen LogP contribution in [0.2, 0.25) is 0 Å². The van der Waals surface area contributed by atoms with Crippen LogP contribution in [0.5, 0.6) is 0 Å². The van der Waals surface area contributed by atoms with Gasteiger partial charge in [-0.05, 0) is 17.7 Å². The minimum atomic E-state index is -0.524. The second-order valence-electron chi connectivity index (χ2n) is 3.48. The van der Waals surface area contributed by atoms with Gasteiger partial charge in [-0.3, -0.25) is 0 Å². The number of rotatable bonds is 6. The van der Waals surface area contributed by atoms with Gasteiger partial charge in [0.1, 0.15) is 5.82 Å². The predicted octanol–water partition coefficient (Wildman–Crippen LogP) is 1.69. The molecule has 5 heteroatoms. The van der Waals surface area contributed by atoms with Crippen LogP contribution in [0, 0.1) is 5.82 Å². The molecule has 90 valence electrons. The molecule has 2 N–H and O–H groups in total. The van der Waals surface area contributed by atoms with E-state index in [1.165, 1.54) is 12.1 Å². The number of ether oxygens (including phenoxy) is 1. The quantitative estimate of drug-likeness (QED) is 0.838. The summed E-state index contributed by atoms with van der Waals surface area (Å²) in [6, 6.07) is 4.53. The van der Waals surface area contributed by atoms with Crippen LogP contribution >= 0.6 is 15.9 Å². The van der Waals surface area contributed by atoms with Gasteiger partial charge in [0, 0.05) is 24.7 Å².